The van der Waals surface area contributed by atoms with Crippen LogP contribution in [0.25, 0.3) is 0 Å². The second-order valence-corrected chi connectivity index (χ2v) is 7.62. The number of nitrogens with zero attached hydrogens (tertiary/aromatic N) is 2. The van der Waals surface area contributed by atoms with Crippen LogP contribution in [0.3, 0.4) is 0 Å². The molecule has 2 amide bonds. The zero-order valence-corrected chi connectivity index (χ0v) is 16.2. The molecule has 1 saturated heterocycles. The maximum atomic E-state index is 13.0. The lowest BCUT2D eigenvalue weighted by molar-refractivity contribution is -0.125. The molecule has 2 atom stereocenters. The third-order valence-electron chi connectivity index (χ3n) is 4.32. The molecular weight excluding hydrogens is 366 g/mol. The third kappa shape index (κ3) is 4.84. The smallest absolute Gasteiger partial charge is 0.264 e. The monoisotopic (exact) mass is 389 g/mol. The number of rotatable bonds is 7. The molecule has 2 aromatic rings. The number of amides is 2. The SMILES string of the molecule is COCCNC(=O)C1CC(Oc2cccnc2)CN1C(=O)c1ccc(C)s1. The Morgan fingerprint density at radius 2 is 2.22 bits per heavy atom. The molecule has 0 aliphatic carbocycles. The largest absolute Gasteiger partial charge is 0.487 e. The third-order valence-corrected chi connectivity index (χ3v) is 5.31. The Kier molecular flexibility index (Phi) is 6.41. The van der Waals surface area contributed by atoms with Crippen LogP contribution in [0.1, 0.15) is 21.0 Å². The lowest BCUT2D eigenvalue weighted by Crippen LogP contribution is -2.46. The Balaban J connectivity index is 1.74. The second-order valence-electron chi connectivity index (χ2n) is 6.33. The van der Waals surface area contributed by atoms with Gasteiger partial charge in [-0.25, -0.2) is 0 Å². The van der Waals surface area contributed by atoms with Gasteiger partial charge >= 0.3 is 0 Å². The van der Waals surface area contributed by atoms with Crippen LogP contribution in [0, 0.1) is 6.92 Å². The molecule has 1 aliphatic rings. The minimum atomic E-state index is -0.571. The summed E-state index contributed by atoms with van der Waals surface area (Å²) in [5.41, 5.74) is 0. The van der Waals surface area contributed by atoms with Gasteiger partial charge in [-0.15, -0.1) is 11.3 Å². The number of aromatic nitrogens is 1. The van der Waals surface area contributed by atoms with Crippen molar-refractivity contribution in [2.45, 2.75) is 25.5 Å². The maximum absolute atomic E-state index is 13.0. The molecule has 1 fully saturated rings. The normalized spacial score (nSPS) is 19.1. The Morgan fingerprint density at radius 1 is 1.37 bits per heavy atom. The van der Waals surface area contributed by atoms with Gasteiger partial charge in [-0.05, 0) is 31.2 Å². The number of hydrogen-bond donors (Lipinski definition) is 1. The summed E-state index contributed by atoms with van der Waals surface area (Å²) in [5, 5.41) is 2.83. The van der Waals surface area contributed by atoms with Gasteiger partial charge in [-0.1, -0.05) is 0 Å². The summed E-state index contributed by atoms with van der Waals surface area (Å²) in [4.78, 5) is 32.9. The molecule has 1 N–H and O–H groups in total. The fraction of sp³-hybridized carbons (Fsp3) is 0.421. The molecule has 0 bridgehead atoms. The van der Waals surface area contributed by atoms with E-state index >= 15 is 0 Å². The number of nitrogens with one attached hydrogen (secondary N) is 1. The molecule has 0 saturated carbocycles. The predicted octanol–water partition coefficient (Wildman–Crippen LogP) is 1.88. The van der Waals surface area contributed by atoms with Crippen molar-refractivity contribution < 1.29 is 19.1 Å². The first-order chi connectivity index (χ1) is 13.1. The highest BCUT2D eigenvalue weighted by atomic mass is 32.1. The fourth-order valence-corrected chi connectivity index (χ4v) is 3.87. The van der Waals surface area contributed by atoms with Gasteiger partial charge in [0.2, 0.25) is 5.91 Å². The van der Waals surface area contributed by atoms with Crippen molar-refractivity contribution in [3.63, 3.8) is 0 Å². The van der Waals surface area contributed by atoms with E-state index in [1.54, 1.807) is 36.5 Å². The lowest BCUT2D eigenvalue weighted by atomic mass is 10.2. The quantitative estimate of drug-likeness (QED) is 0.732. The van der Waals surface area contributed by atoms with E-state index in [1.165, 1.54) is 11.3 Å². The van der Waals surface area contributed by atoms with Crippen molar-refractivity contribution >= 4 is 23.2 Å². The standard InChI is InChI=1S/C19H23N3O4S/c1-13-5-6-17(27-13)19(24)22-12-15(26-14-4-3-7-20-11-14)10-16(22)18(23)21-8-9-25-2/h3-7,11,15-16H,8-10,12H2,1-2H3,(H,21,23). The van der Waals surface area contributed by atoms with Crippen LogP contribution in [-0.2, 0) is 9.53 Å². The van der Waals surface area contributed by atoms with Gasteiger partial charge in [0, 0.05) is 31.1 Å². The number of likely N-dealkylation sites (tertiary alicyclic amines) is 1. The molecule has 0 aromatic carbocycles. The van der Waals surface area contributed by atoms with Crippen molar-refractivity contribution in [2.24, 2.45) is 0 Å². The summed E-state index contributed by atoms with van der Waals surface area (Å²) in [6.07, 6.45) is 3.46. The van der Waals surface area contributed by atoms with Gasteiger partial charge in [-0.3, -0.25) is 14.6 Å². The van der Waals surface area contributed by atoms with Crippen molar-refractivity contribution in [3.8, 4) is 5.75 Å². The minimum Gasteiger partial charge on any atom is -0.487 e. The van der Waals surface area contributed by atoms with Gasteiger partial charge in [0.15, 0.2) is 0 Å². The van der Waals surface area contributed by atoms with Gasteiger partial charge in [-0.2, -0.15) is 0 Å². The summed E-state index contributed by atoms with van der Waals surface area (Å²) in [6, 6.07) is 6.74. The van der Waals surface area contributed by atoms with E-state index in [0.717, 1.165) is 4.88 Å². The van der Waals surface area contributed by atoms with Gasteiger partial charge < -0.3 is 19.7 Å². The summed E-state index contributed by atoms with van der Waals surface area (Å²) >= 11 is 1.43. The van der Waals surface area contributed by atoms with Crippen LogP contribution in [-0.4, -0.2) is 60.7 Å². The number of carbonyl (C=O) groups excluding carboxylic acids is 2. The van der Waals surface area contributed by atoms with Crippen LogP contribution in [0.5, 0.6) is 5.75 Å². The van der Waals surface area contributed by atoms with Gasteiger partial charge in [0.1, 0.15) is 17.9 Å². The van der Waals surface area contributed by atoms with E-state index in [4.69, 9.17) is 9.47 Å². The summed E-state index contributed by atoms with van der Waals surface area (Å²) in [7, 11) is 1.58. The zero-order chi connectivity index (χ0) is 19.2. The average molecular weight is 389 g/mol. The zero-order valence-electron chi connectivity index (χ0n) is 15.4. The number of ether oxygens (including phenoxy) is 2. The molecule has 1 aliphatic heterocycles. The first kappa shape index (κ1) is 19.3. The number of thiophene rings is 1. The van der Waals surface area contributed by atoms with E-state index in [2.05, 4.69) is 10.3 Å². The van der Waals surface area contributed by atoms with Crippen LogP contribution >= 0.6 is 11.3 Å². The number of pyridine rings is 1. The van der Waals surface area contributed by atoms with E-state index < -0.39 is 6.04 Å². The summed E-state index contributed by atoms with van der Waals surface area (Å²) in [6.45, 7) is 3.13. The Morgan fingerprint density at radius 3 is 2.89 bits per heavy atom. The van der Waals surface area contributed by atoms with Gasteiger partial charge in [0.25, 0.3) is 5.91 Å². The molecule has 0 spiro atoms. The van der Waals surface area contributed by atoms with Crippen molar-refractivity contribution in [3.05, 3.63) is 46.4 Å². The lowest BCUT2D eigenvalue weighted by Gasteiger charge is -2.23. The minimum absolute atomic E-state index is 0.141. The Labute approximate surface area is 162 Å². The second kappa shape index (κ2) is 8.96. The first-order valence-corrected chi connectivity index (χ1v) is 9.61. The molecule has 3 heterocycles. The summed E-state index contributed by atoms with van der Waals surface area (Å²) in [5.74, 6) is 0.297. The number of methoxy groups -OCH3 is 1. The topological polar surface area (TPSA) is 80.8 Å². The van der Waals surface area contributed by atoms with E-state index in [-0.39, 0.29) is 17.9 Å². The number of hydrogen-bond acceptors (Lipinski definition) is 6. The summed E-state index contributed by atoms with van der Waals surface area (Å²) < 4.78 is 10.9. The van der Waals surface area contributed by atoms with Crippen molar-refractivity contribution in [1.29, 1.82) is 0 Å². The highest BCUT2D eigenvalue weighted by Crippen LogP contribution is 2.27. The predicted molar refractivity (Wildman–Crippen MR) is 102 cm³/mol. The fourth-order valence-electron chi connectivity index (χ4n) is 3.05. The maximum Gasteiger partial charge on any atom is 0.264 e. The molecule has 3 rings (SSSR count). The molecule has 7 nitrogen and oxygen atoms in total. The average Bonchev–Trinajstić information content (AvgIpc) is 3.29. The van der Waals surface area contributed by atoms with Crippen LogP contribution < -0.4 is 10.1 Å². The highest BCUT2D eigenvalue weighted by molar-refractivity contribution is 7.13. The molecule has 8 heteroatoms. The number of carbonyl (C=O) groups is 2. The molecule has 2 unspecified atom stereocenters. The molecular formula is C19H23N3O4S. The molecule has 144 valence electrons. The van der Waals surface area contributed by atoms with E-state index in [1.807, 2.05) is 19.1 Å². The van der Waals surface area contributed by atoms with Crippen molar-refractivity contribution in [1.82, 2.24) is 15.2 Å². The molecule has 2 aromatic heterocycles. The van der Waals surface area contributed by atoms with Gasteiger partial charge in [0.05, 0.1) is 24.2 Å². The van der Waals surface area contributed by atoms with Crippen LogP contribution in [0.15, 0.2) is 36.7 Å². The van der Waals surface area contributed by atoms with Crippen LogP contribution in [0.2, 0.25) is 0 Å². The van der Waals surface area contributed by atoms with E-state index in [9.17, 15) is 9.59 Å². The Hall–Kier alpha value is -2.45. The first-order valence-electron chi connectivity index (χ1n) is 8.79. The van der Waals surface area contributed by atoms with E-state index in [0.29, 0.717) is 36.7 Å². The van der Waals surface area contributed by atoms with Crippen molar-refractivity contribution in [2.75, 3.05) is 26.8 Å². The molecule has 0 radical (unpaired) electrons. The number of aryl methyl sites for hydroxylation is 1. The molecule has 27 heavy (non-hydrogen) atoms. The Bertz CT molecular complexity index is 780. The highest BCUT2D eigenvalue weighted by Gasteiger charge is 2.41. The van der Waals surface area contributed by atoms with Crippen LogP contribution in [0.4, 0.5) is 0 Å².